The molecule has 0 atom stereocenters. The van der Waals surface area contributed by atoms with Crippen molar-refractivity contribution in [1.82, 2.24) is 14.6 Å². The topological polar surface area (TPSA) is 136 Å². The number of rotatable bonds is 7. The van der Waals surface area contributed by atoms with Crippen LogP contribution in [0.5, 0.6) is 0 Å². The summed E-state index contributed by atoms with van der Waals surface area (Å²) in [5.74, 6) is 7.78. The molecule has 0 heterocycles. The summed E-state index contributed by atoms with van der Waals surface area (Å²) < 4.78 is 16.7. The van der Waals surface area contributed by atoms with E-state index in [4.69, 9.17) is 8.95 Å². The van der Waals surface area contributed by atoms with Gasteiger partial charge in [0.15, 0.2) is 8.32 Å². The zero-order valence-corrected chi connectivity index (χ0v) is 78.6. The summed E-state index contributed by atoms with van der Waals surface area (Å²) in [4.78, 5) is 34.3. The monoisotopic (exact) mass is 1530 g/mol. The fourth-order valence-electron chi connectivity index (χ4n) is 0. The molecule has 0 N–H and O–H groups in total. The van der Waals surface area contributed by atoms with Crippen molar-refractivity contribution in [2.45, 2.75) is 251 Å². The molecule has 0 radical (unpaired) electrons. The van der Waals surface area contributed by atoms with Gasteiger partial charge in [-0.3, -0.25) is 4.99 Å². The van der Waals surface area contributed by atoms with E-state index in [9.17, 15) is 4.79 Å². The van der Waals surface area contributed by atoms with Gasteiger partial charge in [0.1, 0.15) is 5.78 Å². The SMILES string of the molecule is C.C.C.C.C.C.C#CC.C#[N+]C.C=C(C)C.C=NC.C=P(C)(C)C.CC#CC.CC(C)=C(C)C.CC(C)=O.CC=C(C)C.CC=C(C)C.CC=C(C)C.CCC.CCN(C)C.CCOC.CN(C)[P+](C)(C)C.CN=C(C)C.CN=NC.CON(C)C.COOC.COP(C)C.CO[Si](C)(C)C. The van der Waals surface area contributed by atoms with Gasteiger partial charge in [0.2, 0.25) is 0 Å². The van der Waals surface area contributed by atoms with Crippen molar-refractivity contribution >= 4 is 55.3 Å². The smallest absolute Gasteiger partial charge is 0.257 e. The number of azo groups is 1. The highest BCUT2D eigenvalue weighted by Crippen LogP contribution is 2.47. The minimum absolute atomic E-state index is 0. The lowest BCUT2D eigenvalue weighted by Crippen LogP contribution is -2.22. The maximum Gasteiger partial charge on any atom is 0.257 e. The van der Waals surface area contributed by atoms with E-state index in [1.165, 1.54) is 75.0 Å². The Morgan fingerprint density at radius 1 is 0.614 bits per heavy atom. The van der Waals surface area contributed by atoms with Gasteiger partial charge in [-0.05, 0) is 240 Å². The molecule has 0 fully saturated rings. The standard InChI is InChI=1S/C6H12.C5H15NP.3C5H10.C4H11N.C4H9N.C4H12OSi.C4H11P.C4H8.C4H6.C3H9NO.C3H9OP.C3H8O.C3H6O.C3H8.C3H4.C2H6N2.C2H5N.C2H4N.C2H6O2.6CH4/c1-5(2)6(3)4;1-6(2)7(3,4)5;4*1-4-5(2)3;1-4(2)5-3;1-5-6(2,3)4;1-5(2,3)4;1-4(2)3;1-3-4-2;1-4(2)5-3;1-4-5(2)3;1-3-4-2;1-3(2)4;2*1-3-2;1-3-4-2;2*1-3-2;1-3-4-2;;;;;;/h1-4H3;1-5H3;3*4H,1-3H3;4H2,1-3H3;1-3H3;1-4H3;1H2,2-4H3;1H2,2-3H3;1-2H3;2*1-3H3;3H2,1-2H3;1-2H3;3H2,1-2H3;1H,2H3;1-2H3;1H2,2H3;1H,2H3;1-2H3;6*1H4/q;+1;;;;;;;;;;;;;;;;;;+1;;;;;;;. The molecule has 0 aliphatic heterocycles. The first-order valence-corrected chi connectivity index (χ1v) is 43.5. The molecule has 0 amide bonds. The van der Waals surface area contributed by atoms with Crippen molar-refractivity contribution in [3.63, 3.8) is 0 Å². The Hall–Kier alpha value is -3.06. The molecule has 0 spiro atoms. The molecule has 0 unspecified atom stereocenters. The van der Waals surface area contributed by atoms with Gasteiger partial charge in [-0.15, -0.1) is 43.9 Å². The molecule has 0 saturated carbocycles. The maximum absolute atomic E-state index is 9.44. The van der Waals surface area contributed by atoms with Crippen LogP contribution in [0.4, 0.5) is 0 Å². The molecular formula is C82H203N8O7P3Si+2. The highest BCUT2D eigenvalue weighted by molar-refractivity contribution is 7.71. The van der Waals surface area contributed by atoms with Gasteiger partial charge >= 0.3 is 0 Å². The zero-order chi connectivity index (χ0) is 82.6. The van der Waals surface area contributed by atoms with Gasteiger partial charge in [-0.2, -0.15) is 20.0 Å². The Kier molecular flexibility index (Phi) is 321. The van der Waals surface area contributed by atoms with Crippen LogP contribution in [0.1, 0.15) is 231 Å². The average molecular weight is 1530 g/mol. The molecule has 0 aromatic heterocycles. The highest BCUT2D eigenvalue weighted by Gasteiger charge is 2.19. The quantitative estimate of drug-likeness (QED) is 0.0354. The molecular weight excluding hydrogens is 1330 g/mol. The average Bonchev–Trinajstić information content (AvgIpc) is 3.46. The van der Waals surface area contributed by atoms with Crippen LogP contribution in [0.15, 0.2) is 78.5 Å². The predicted molar refractivity (Wildman–Crippen MR) is 506 cm³/mol. The summed E-state index contributed by atoms with van der Waals surface area (Å²) in [5.41, 5.74) is 9.29. The summed E-state index contributed by atoms with van der Waals surface area (Å²) in [6, 6.07) is 0. The van der Waals surface area contributed by atoms with Crippen molar-refractivity contribution in [2.75, 3.05) is 187 Å². The number of hydroxylamine groups is 2. The first-order valence-electron chi connectivity index (χ1n) is 31.6. The third-order valence-corrected chi connectivity index (χ3v) is 11.6. The second kappa shape index (κ2) is 177. The van der Waals surface area contributed by atoms with E-state index in [0.717, 1.165) is 18.9 Å². The van der Waals surface area contributed by atoms with Crippen LogP contribution in [0, 0.1) is 30.8 Å². The van der Waals surface area contributed by atoms with Crippen molar-refractivity contribution in [1.29, 1.82) is 0 Å². The van der Waals surface area contributed by atoms with Crippen molar-refractivity contribution in [3.05, 3.63) is 63.1 Å². The second-order valence-corrected chi connectivity index (χ2v) is 39.4. The number of hydrogen-bond donors (Lipinski definition) is 0. The summed E-state index contributed by atoms with van der Waals surface area (Å²) in [5, 5.41) is 8.35. The van der Waals surface area contributed by atoms with Crippen molar-refractivity contribution in [3.8, 4) is 30.8 Å². The molecule has 101 heavy (non-hydrogen) atoms. The Bertz CT molecular complexity index is 1580. The number of Topliss-reactive ketones (excluding diaryl/α,β-unsaturated/α-hetero) is 1. The van der Waals surface area contributed by atoms with Crippen molar-refractivity contribution < 1.29 is 33.1 Å². The second-order valence-electron chi connectivity index (χ2n) is 23.5. The molecule has 0 aromatic rings. The number of hydrogen-bond acceptors (Lipinski definition) is 14. The fourth-order valence-corrected chi connectivity index (χ4v) is 0. The minimum Gasteiger partial charge on any atom is -0.421 e. The van der Waals surface area contributed by atoms with Gasteiger partial charge in [0, 0.05) is 98.2 Å². The Morgan fingerprint density at radius 2 is 0.733 bits per heavy atom. The largest absolute Gasteiger partial charge is 0.421 e. The molecule has 0 saturated heterocycles. The third-order valence-electron chi connectivity index (χ3n) is 7.26. The van der Waals surface area contributed by atoms with Crippen LogP contribution < -0.4 is 0 Å². The fraction of sp³-hybridized carbons (Fsp3) is 0.768. The number of ether oxygens (including phenoxy) is 1. The van der Waals surface area contributed by atoms with Crippen LogP contribution in [0.3, 0.4) is 0 Å². The predicted octanol–water partition coefficient (Wildman–Crippen LogP) is 27.0. The summed E-state index contributed by atoms with van der Waals surface area (Å²) in [7, 11) is 28.1. The van der Waals surface area contributed by atoms with Crippen LogP contribution in [-0.4, -0.2) is 234 Å². The zero-order valence-electron chi connectivity index (χ0n) is 74.9. The molecule has 0 aliphatic carbocycles. The van der Waals surface area contributed by atoms with E-state index in [0.29, 0.717) is 0 Å². The molecule has 0 aromatic carbocycles. The number of nitrogens with zero attached hydrogens (tertiary/aromatic N) is 8. The normalized spacial score (nSPS) is 7.56. The van der Waals surface area contributed by atoms with Gasteiger partial charge in [-0.1, -0.05) is 128 Å². The van der Waals surface area contributed by atoms with E-state index in [-0.39, 0.29) is 58.5 Å². The minimum atomic E-state index is -1.13. The Morgan fingerprint density at radius 3 is 0.733 bits per heavy atom. The van der Waals surface area contributed by atoms with E-state index in [2.05, 4.69) is 314 Å². The van der Waals surface area contributed by atoms with Gasteiger partial charge in [-0.25, -0.2) is 9.78 Å². The number of carbonyl (C=O) groups excluding carboxylic acids is 1. The lowest BCUT2D eigenvalue weighted by molar-refractivity contribution is -0.248. The molecule has 15 nitrogen and oxygen atoms in total. The number of methoxy groups -OCH3 is 1. The van der Waals surface area contributed by atoms with Crippen LogP contribution in [0.2, 0.25) is 19.6 Å². The van der Waals surface area contributed by atoms with E-state index >= 15 is 0 Å². The lowest BCUT2D eigenvalue weighted by Gasteiger charge is -2.18. The number of ketones is 1. The number of aliphatic imine (C=N–C) groups is 2. The lowest BCUT2D eigenvalue weighted by atomic mass is 10.2. The Labute approximate surface area is 650 Å². The first kappa shape index (κ1) is 183. The van der Waals surface area contributed by atoms with Crippen molar-refractivity contribution in [2.24, 2.45) is 20.2 Å². The third kappa shape index (κ3) is 1120. The molecule has 630 valence electrons. The van der Waals surface area contributed by atoms with Crippen LogP contribution in [0.25, 0.3) is 4.85 Å². The van der Waals surface area contributed by atoms with E-state index < -0.39 is 22.6 Å². The highest BCUT2D eigenvalue weighted by atomic mass is 31.2. The molecule has 0 aliphatic rings. The summed E-state index contributed by atoms with van der Waals surface area (Å²) in [6.07, 6.45) is 16.0. The summed E-state index contributed by atoms with van der Waals surface area (Å²) in [6.45, 7) is 88.2. The van der Waals surface area contributed by atoms with Gasteiger partial charge < -0.3 is 33.2 Å². The number of carbonyl (C=O) groups is 1. The van der Waals surface area contributed by atoms with E-state index in [1.54, 1.807) is 68.6 Å². The molecule has 0 rings (SSSR count). The Balaban J connectivity index is -0.0000000228. The van der Waals surface area contributed by atoms with Gasteiger partial charge in [0.05, 0.1) is 48.7 Å². The number of allylic oxidation sites excluding steroid dienone is 9. The number of terminal acetylenes is 1. The first-order chi connectivity index (χ1) is 42.8. The molecule has 0 bridgehead atoms. The maximum atomic E-state index is 9.44. The van der Waals surface area contributed by atoms with Crippen LogP contribution >= 0.6 is 22.4 Å². The van der Waals surface area contributed by atoms with Crippen LogP contribution in [-0.2, 0) is 33.1 Å². The van der Waals surface area contributed by atoms with Gasteiger partial charge in [0.25, 0.3) is 13.6 Å². The summed E-state index contributed by atoms with van der Waals surface area (Å²) >= 11 is 0. The van der Waals surface area contributed by atoms with E-state index in [1.807, 2.05) is 83.3 Å². The molecule has 19 heteroatoms.